The molecule has 0 radical (unpaired) electrons. The lowest BCUT2D eigenvalue weighted by Crippen LogP contribution is -2.28. The van der Waals surface area contributed by atoms with Gasteiger partial charge in [-0.1, -0.05) is 0 Å². The van der Waals surface area contributed by atoms with E-state index in [2.05, 4.69) is 11.4 Å². The van der Waals surface area contributed by atoms with Gasteiger partial charge in [-0.25, -0.2) is 0 Å². The van der Waals surface area contributed by atoms with Gasteiger partial charge in [0.05, 0.1) is 12.2 Å². The van der Waals surface area contributed by atoms with Crippen LogP contribution in [0.4, 0.5) is 0 Å². The van der Waals surface area contributed by atoms with E-state index in [4.69, 9.17) is 10.4 Å². The number of rotatable bonds is 4. The summed E-state index contributed by atoms with van der Waals surface area (Å²) in [6.45, 7) is 2.77. The van der Waals surface area contributed by atoms with E-state index >= 15 is 0 Å². The molecule has 0 amide bonds. The van der Waals surface area contributed by atoms with E-state index < -0.39 is 0 Å². The van der Waals surface area contributed by atoms with E-state index in [1.165, 1.54) is 0 Å². The maximum Gasteiger partial charge on any atom is 0.100 e. The third-order valence-electron chi connectivity index (χ3n) is 1.68. The van der Waals surface area contributed by atoms with E-state index in [9.17, 15) is 0 Å². The monoisotopic (exact) mass is 196 g/mol. The number of hydrogen-bond donors (Lipinski definition) is 2. The fourth-order valence-electron chi connectivity index (χ4n) is 0.871. The van der Waals surface area contributed by atoms with Crippen LogP contribution in [-0.4, -0.2) is 17.8 Å². The Hall–Kier alpha value is -0.890. The smallest absolute Gasteiger partial charge is 0.100 e. The summed E-state index contributed by atoms with van der Waals surface area (Å²) in [4.78, 5) is 1.12. The van der Waals surface area contributed by atoms with Crippen molar-refractivity contribution in [1.82, 2.24) is 5.32 Å². The molecular weight excluding hydrogens is 184 g/mol. The summed E-state index contributed by atoms with van der Waals surface area (Å²) < 4.78 is 0. The van der Waals surface area contributed by atoms with Gasteiger partial charge in [-0.3, -0.25) is 0 Å². The van der Waals surface area contributed by atoms with Gasteiger partial charge in [0.15, 0.2) is 0 Å². The zero-order valence-electron chi connectivity index (χ0n) is 7.45. The Balaban J connectivity index is 2.42. The summed E-state index contributed by atoms with van der Waals surface area (Å²) >= 11 is 1.56. The molecule has 1 heterocycles. The number of aliphatic hydroxyl groups excluding tert-OH is 1. The lowest BCUT2D eigenvalue weighted by Gasteiger charge is -2.08. The van der Waals surface area contributed by atoms with E-state index in [1.807, 2.05) is 18.4 Å². The molecule has 70 valence electrons. The fourth-order valence-corrected chi connectivity index (χ4v) is 1.63. The van der Waals surface area contributed by atoms with Crippen LogP contribution in [0.1, 0.15) is 17.4 Å². The quantitative estimate of drug-likeness (QED) is 0.758. The Morgan fingerprint density at radius 2 is 2.54 bits per heavy atom. The molecule has 0 saturated heterocycles. The summed E-state index contributed by atoms with van der Waals surface area (Å²) in [6.07, 6.45) is 0. The van der Waals surface area contributed by atoms with Crippen molar-refractivity contribution < 1.29 is 5.11 Å². The molecule has 1 atom stereocenters. The zero-order valence-corrected chi connectivity index (χ0v) is 8.27. The maximum atomic E-state index is 8.75. The number of nitrogens with zero attached hydrogens (tertiary/aromatic N) is 1. The van der Waals surface area contributed by atoms with Crippen molar-refractivity contribution in [3.05, 3.63) is 21.9 Å². The molecule has 1 aromatic rings. The van der Waals surface area contributed by atoms with Crippen LogP contribution in [0.5, 0.6) is 0 Å². The van der Waals surface area contributed by atoms with Gasteiger partial charge >= 0.3 is 0 Å². The molecule has 1 rings (SSSR count). The highest BCUT2D eigenvalue weighted by Crippen LogP contribution is 2.13. The van der Waals surface area contributed by atoms with Gasteiger partial charge in [-0.2, -0.15) is 5.26 Å². The first-order valence-electron chi connectivity index (χ1n) is 4.08. The Morgan fingerprint density at radius 1 is 1.77 bits per heavy atom. The van der Waals surface area contributed by atoms with Gasteiger partial charge in [0.1, 0.15) is 6.07 Å². The van der Waals surface area contributed by atoms with Gasteiger partial charge in [-0.05, 0) is 13.0 Å². The lowest BCUT2D eigenvalue weighted by atomic mass is 10.3. The van der Waals surface area contributed by atoms with E-state index in [1.54, 1.807) is 11.3 Å². The molecule has 2 N–H and O–H groups in total. The van der Waals surface area contributed by atoms with E-state index in [0.29, 0.717) is 12.1 Å². The van der Waals surface area contributed by atoms with Crippen molar-refractivity contribution in [3.63, 3.8) is 0 Å². The van der Waals surface area contributed by atoms with E-state index in [0.717, 1.165) is 4.88 Å². The van der Waals surface area contributed by atoms with Crippen LogP contribution in [0.25, 0.3) is 0 Å². The van der Waals surface area contributed by atoms with Gasteiger partial charge < -0.3 is 10.4 Å². The summed E-state index contributed by atoms with van der Waals surface area (Å²) in [5, 5.41) is 22.3. The van der Waals surface area contributed by atoms with Crippen molar-refractivity contribution in [1.29, 1.82) is 5.26 Å². The predicted molar refractivity (Wildman–Crippen MR) is 52.4 cm³/mol. The standard InChI is InChI=1S/C9H12N2OS/c1-7(5-12)11-4-9-2-8(3-10)6-13-9/h2,6-7,11-12H,4-5H2,1H3/t7-/m1/s1. The average molecular weight is 196 g/mol. The topological polar surface area (TPSA) is 56.0 Å². The summed E-state index contributed by atoms with van der Waals surface area (Å²) in [6, 6.07) is 4.05. The Morgan fingerprint density at radius 3 is 3.08 bits per heavy atom. The van der Waals surface area contributed by atoms with Crippen LogP contribution in [0.3, 0.4) is 0 Å². The number of nitriles is 1. The molecule has 0 aliphatic heterocycles. The molecule has 0 aliphatic rings. The molecule has 0 bridgehead atoms. The highest BCUT2D eigenvalue weighted by molar-refractivity contribution is 7.10. The lowest BCUT2D eigenvalue weighted by molar-refractivity contribution is 0.251. The van der Waals surface area contributed by atoms with E-state index in [-0.39, 0.29) is 12.6 Å². The van der Waals surface area contributed by atoms with Crippen molar-refractivity contribution in [2.75, 3.05) is 6.61 Å². The largest absolute Gasteiger partial charge is 0.395 e. The van der Waals surface area contributed by atoms with Gasteiger partial charge in [0, 0.05) is 22.8 Å². The second kappa shape index (κ2) is 4.97. The Labute approximate surface area is 81.6 Å². The van der Waals surface area contributed by atoms with Crippen LogP contribution >= 0.6 is 11.3 Å². The molecule has 0 saturated carbocycles. The predicted octanol–water partition coefficient (Wildman–Crippen LogP) is 1.09. The first kappa shape index (κ1) is 10.2. The van der Waals surface area contributed by atoms with Gasteiger partial charge in [0.25, 0.3) is 0 Å². The van der Waals surface area contributed by atoms with Crippen molar-refractivity contribution in [2.45, 2.75) is 19.5 Å². The van der Waals surface area contributed by atoms with Crippen molar-refractivity contribution in [3.8, 4) is 6.07 Å². The van der Waals surface area contributed by atoms with Crippen LogP contribution in [0, 0.1) is 11.3 Å². The SMILES string of the molecule is C[C@H](CO)NCc1cc(C#N)cs1. The Kier molecular flexibility index (Phi) is 3.90. The molecule has 0 spiro atoms. The zero-order chi connectivity index (χ0) is 9.68. The summed E-state index contributed by atoms with van der Waals surface area (Å²) in [5.74, 6) is 0. The Bertz CT molecular complexity index is 303. The summed E-state index contributed by atoms with van der Waals surface area (Å²) in [5.41, 5.74) is 0.707. The minimum absolute atomic E-state index is 0.104. The normalized spacial score (nSPS) is 12.4. The molecule has 0 aromatic carbocycles. The molecule has 13 heavy (non-hydrogen) atoms. The first-order valence-corrected chi connectivity index (χ1v) is 4.96. The minimum Gasteiger partial charge on any atom is -0.395 e. The molecule has 4 heteroatoms. The number of hydrogen-bond acceptors (Lipinski definition) is 4. The molecule has 1 aromatic heterocycles. The van der Waals surface area contributed by atoms with Gasteiger partial charge in [-0.15, -0.1) is 11.3 Å². The number of thiophene rings is 1. The number of aliphatic hydroxyl groups is 1. The average Bonchev–Trinajstić information content (AvgIpc) is 2.61. The summed E-state index contributed by atoms with van der Waals surface area (Å²) in [7, 11) is 0. The van der Waals surface area contributed by atoms with Crippen LogP contribution in [0.15, 0.2) is 11.4 Å². The van der Waals surface area contributed by atoms with Crippen LogP contribution in [-0.2, 0) is 6.54 Å². The molecular formula is C9H12N2OS. The first-order chi connectivity index (χ1) is 6.26. The molecule has 0 fully saturated rings. The third-order valence-corrected chi connectivity index (χ3v) is 2.62. The van der Waals surface area contributed by atoms with Gasteiger partial charge in [0.2, 0.25) is 0 Å². The van der Waals surface area contributed by atoms with Crippen molar-refractivity contribution >= 4 is 11.3 Å². The van der Waals surface area contributed by atoms with Crippen LogP contribution in [0.2, 0.25) is 0 Å². The highest BCUT2D eigenvalue weighted by Gasteiger charge is 2.01. The van der Waals surface area contributed by atoms with Crippen LogP contribution < -0.4 is 5.32 Å². The molecule has 0 aliphatic carbocycles. The molecule has 0 unspecified atom stereocenters. The number of nitrogens with one attached hydrogen (secondary N) is 1. The third kappa shape index (κ3) is 3.15. The molecule has 3 nitrogen and oxygen atoms in total. The highest BCUT2D eigenvalue weighted by atomic mass is 32.1. The maximum absolute atomic E-state index is 8.75. The minimum atomic E-state index is 0.104. The van der Waals surface area contributed by atoms with Crippen molar-refractivity contribution in [2.24, 2.45) is 0 Å². The fraction of sp³-hybridized carbons (Fsp3) is 0.444. The second-order valence-electron chi connectivity index (χ2n) is 2.88. The second-order valence-corrected chi connectivity index (χ2v) is 3.87.